The molecule has 1 atom stereocenters. The molecule has 4 heteroatoms. The van der Waals surface area contributed by atoms with Gasteiger partial charge in [-0.25, -0.2) is 0 Å². The quantitative estimate of drug-likeness (QED) is 0.789. The number of nitrogens with zero attached hydrogens (tertiary/aromatic N) is 1. The minimum Gasteiger partial charge on any atom is -0.379 e. The molecular weight excluding hydrogens is 336 g/mol. The van der Waals surface area contributed by atoms with E-state index in [1.807, 2.05) is 30.3 Å². The Balaban J connectivity index is 1.58. The fourth-order valence-corrected chi connectivity index (χ4v) is 3.62. The molecule has 0 bridgehead atoms. The van der Waals surface area contributed by atoms with Gasteiger partial charge in [-0.15, -0.1) is 0 Å². The Morgan fingerprint density at radius 2 is 1.78 bits per heavy atom. The van der Waals surface area contributed by atoms with Crippen LogP contribution in [0.4, 0.5) is 0 Å². The van der Waals surface area contributed by atoms with Gasteiger partial charge in [-0.05, 0) is 35.4 Å². The van der Waals surface area contributed by atoms with E-state index in [9.17, 15) is 9.90 Å². The van der Waals surface area contributed by atoms with Gasteiger partial charge in [0, 0.05) is 26.2 Å². The van der Waals surface area contributed by atoms with Crippen molar-refractivity contribution in [3.8, 4) is 0 Å². The molecule has 3 rings (SSSR count). The molecule has 2 N–H and O–H groups in total. The summed E-state index contributed by atoms with van der Waals surface area (Å²) in [6, 6.07) is 18.5. The van der Waals surface area contributed by atoms with E-state index in [2.05, 4.69) is 43.4 Å². The molecule has 0 unspecified atom stereocenters. The first-order valence-corrected chi connectivity index (χ1v) is 9.83. The third-order valence-electron chi connectivity index (χ3n) is 5.31. The Morgan fingerprint density at radius 1 is 1.07 bits per heavy atom. The first-order valence-electron chi connectivity index (χ1n) is 9.83. The van der Waals surface area contributed by atoms with Crippen LogP contribution in [-0.2, 0) is 17.9 Å². The predicted molar refractivity (Wildman–Crippen MR) is 108 cm³/mol. The van der Waals surface area contributed by atoms with E-state index < -0.39 is 5.60 Å². The number of nitrogens with one attached hydrogen (secondary N) is 1. The Bertz CT molecular complexity index is 743. The van der Waals surface area contributed by atoms with Crippen LogP contribution >= 0.6 is 0 Å². The van der Waals surface area contributed by atoms with Gasteiger partial charge in [-0.1, -0.05) is 68.4 Å². The number of rotatable bonds is 7. The van der Waals surface area contributed by atoms with Crippen molar-refractivity contribution in [1.29, 1.82) is 0 Å². The van der Waals surface area contributed by atoms with Crippen LogP contribution in [0.5, 0.6) is 0 Å². The van der Waals surface area contributed by atoms with Crippen LogP contribution in [0, 0.1) is 0 Å². The smallest absolute Gasteiger partial charge is 0.256 e. The lowest BCUT2D eigenvalue weighted by molar-refractivity contribution is -0.157. The minimum absolute atomic E-state index is 0.165. The second-order valence-electron chi connectivity index (χ2n) is 7.85. The average Bonchev–Trinajstić information content (AvgIpc) is 2.67. The highest BCUT2D eigenvalue weighted by atomic mass is 16.3. The summed E-state index contributed by atoms with van der Waals surface area (Å²) in [6.07, 6.45) is 1.33. The van der Waals surface area contributed by atoms with Gasteiger partial charge in [0.25, 0.3) is 5.91 Å². The fourth-order valence-electron chi connectivity index (χ4n) is 3.62. The molecule has 0 spiro atoms. The lowest BCUT2D eigenvalue weighted by atomic mass is 9.91. The summed E-state index contributed by atoms with van der Waals surface area (Å²) < 4.78 is 0. The van der Waals surface area contributed by atoms with Crippen LogP contribution in [0.3, 0.4) is 0 Å². The first kappa shape index (κ1) is 19.6. The molecule has 1 fully saturated rings. The van der Waals surface area contributed by atoms with Crippen LogP contribution < -0.4 is 5.32 Å². The molecule has 0 radical (unpaired) electrons. The number of benzene rings is 2. The first-order chi connectivity index (χ1) is 13.0. The molecule has 2 aromatic carbocycles. The zero-order valence-corrected chi connectivity index (χ0v) is 16.3. The van der Waals surface area contributed by atoms with Gasteiger partial charge in [-0.2, -0.15) is 0 Å². The van der Waals surface area contributed by atoms with Crippen molar-refractivity contribution < 1.29 is 9.90 Å². The summed E-state index contributed by atoms with van der Waals surface area (Å²) in [7, 11) is 0. The standard InChI is InChI=1S/C23H30N2O2/c1-18(2)21-11-9-20(10-12-21)16-25-14-6-13-23(27,22(25)26)17-24-15-19-7-4-3-5-8-19/h3-5,7-12,18,24,27H,6,13-17H2,1-2H3/t23-/m1/s1. The number of amides is 1. The number of aliphatic hydroxyl groups is 1. The molecule has 144 valence electrons. The van der Waals surface area contributed by atoms with E-state index in [1.54, 1.807) is 4.90 Å². The van der Waals surface area contributed by atoms with E-state index in [-0.39, 0.29) is 12.5 Å². The summed E-state index contributed by atoms with van der Waals surface area (Å²) in [4.78, 5) is 14.7. The monoisotopic (exact) mass is 366 g/mol. The van der Waals surface area contributed by atoms with Gasteiger partial charge in [0.15, 0.2) is 5.60 Å². The van der Waals surface area contributed by atoms with Gasteiger partial charge in [0.05, 0.1) is 0 Å². The van der Waals surface area contributed by atoms with Crippen molar-refractivity contribution >= 4 is 5.91 Å². The molecule has 1 heterocycles. The molecule has 27 heavy (non-hydrogen) atoms. The molecule has 0 aliphatic carbocycles. The molecule has 0 aromatic heterocycles. The van der Waals surface area contributed by atoms with Gasteiger partial charge < -0.3 is 15.3 Å². The van der Waals surface area contributed by atoms with E-state index in [0.717, 1.165) is 17.5 Å². The lowest BCUT2D eigenvalue weighted by Crippen LogP contribution is -2.57. The van der Waals surface area contributed by atoms with Crippen molar-refractivity contribution in [3.05, 3.63) is 71.3 Å². The number of likely N-dealkylation sites (tertiary alicyclic amines) is 1. The number of hydrogen-bond donors (Lipinski definition) is 2. The summed E-state index contributed by atoms with van der Waals surface area (Å²) in [5, 5.41) is 14.2. The third-order valence-corrected chi connectivity index (χ3v) is 5.31. The molecular formula is C23H30N2O2. The third kappa shape index (κ3) is 4.96. The van der Waals surface area contributed by atoms with E-state index in [0.29, 0.717) is 32.0 Å². The van der Waals surface area contributed by atoms with Gasteiger partial charge in [-0.3, -0.25) is 4.79 Å². The van der Waals surface area contributed by atoms with Gasteiger partial charge >= 0.3 is 0 Å². The highest BCUT2D eigenvalue weighted by molar-refractivity contribution is 5.86. The van der Waals surface area contributed by atoms with Crippen molar-refractivity contribution in [1.82, 2.24) is 10.2 Å². The molecule has 4 nitrogen and oxygen atoms in total. The summed E-state index contributed by atoms with van der Waals surface area (Å²) in [5.41, 5.74) is 2.23. The fraction of sp³-hybridized carbons (Fsp3) is 0.435. The predicted octanol–water partition coefficient (Wildman–Crippen LogP) is 3.45. The van der Waals surface area contributed by atoms with Crippen LogP contribution in [0.25, 0.3) is 0 Å². The van der Waals surface area contributed by atoms with Gasteiger partial charge in [0.1, 0.15) is 0 Å². The SMILES string of the molecule is CC(C)c1ccc(CN2CCC[C@@](O)(CNCc3ccccc3)C2=O)cc1. The Hall–Kier alpha value is -2.17. The Kier molecular flexibility index (Phi) is 6.30. The second-order valence-corrected chi connectivity index (χ2v) is 7.85. The van der Waals surface area contributed by atoms with Crippen molar-refractivity contribution in [3.63, 3.8) is 0 Å². The molecule has 1 saturated heterocycles. The topological polar surface area (TPSA) is 52.6 Å². The Labute approximate surface area is 162 Å². The number of piperidine rings is 1. The summed E-state index contributed by atoms with van der Waals surface area (Å²) in [5.74, 6) is 0.332. The lowest BCUT2D eigenvalue weighted by Gasteiger charge is -2.38. The Morgan fingerprint density at radius 3 is 2.44 bits per heavy atom. The largest absolute Gasteiger partial charge is 0.379 e. The maximum absolute atomic E-state index is 12.9. The van der Waals surface area contributed by atoms with Crippen molar-refractivity contribution in [2.45, 2.75) is 51.3 Å². The van der Waals surface area contributed by atoms with E-state index in [4.69, 9.17) is 0 Å². The normalized spacial score (nSPS) is 20.3. The summed E-state index contributed by atoms with van der Waals surface area (Å²) in [6.45, 7) is 6.53. The van der Waals surface area contributed by atoms with Crippen LogP contribution in [-0.4, -0.2) is 34.6 Å². The number of carbonyl (C=O) groups is 1. The number of hydrogen-bond acceptors (Lipinski definition) is 3. The molecule has 1 aliphatic heterocycles. The molecule has 1 aliphatic rings. The summed E-state index contributed by atoms with van der Waals surface area (Å²) >= 11 is 0. The second kappa shape index (κ2) is 8.68. The molecule has 0 saturated carbocycles. The van der Waals surface area contributed by atoms with E-state index >= 15 is 0 Å². The molecule has 1 amide bonds. The van der Waals surface area contributed by atoms with Crippen LogP contribution in [0.2, 0.25) is 0 Å². The van der Waals surface area contributed by atoms with E-state index in [1.165, 1.54) is 5.56 Å². The van der Waals surface area contributed by atoms with Gasteiger partial charge in [0.2, 0.25) is 0 Å². The average molecular weight is 367 g/mol. The highest BCUT2D eigenvalue weighted by Crippen LogP contribution is 2.24. The zero-order valence-electron chi connectivity index (χ0n) is 16.3. The highest BCUT2D eigenvalue weighted by Gasteiger charge is 2.41. The van der Waals surface area contributed by atoms with Crippen LogP contribution in [0.1, 0.15) is 49.3 Å². The van der Waals surface area contributed by atoms with Crippen LogP contribution in [0.15, 0.2) is 54.6 Å². The minimum atomic E-state index is -1.31. The van der Waals surface area contributed by atoms with Crippen molar-refractivity contribution in [2.24, 2.45) is 0 Å². The number of carbonyl (C=O) groups excluding carboxylic acids is 1. The zero-order chi connectivity index (χ0) is 19.3. The maximum atomic E-state index is 12.9. The molecule has 2 aromatic rings. The van der Waals surface area contributed by atoms with Crippen molar-refractivity contribution in [2.75, 3.05) is 13.1 Å². The maximum Gasteiger partial charge on any atom is 0.256 e.